The van der Waals surface area contributed by atoms with Gasteiger partial charge in [-0.1, -0.05) is 23.7 Å². The predicted octanol–water partition coefficient (Wildman–Crippen LogP) is 5.10. The molecule has 0 spiro atoms. The Morgan fingerprint density at radius 3 is 2.37 bits per heavy atom. The van der Waals surface area contributed by atoms with Crippen LogP contribution in [-0.4, -0.2) is 5.78 Å². The molecule has 0 aromatic heterocycles. The zero-order valence-corrected chi connectivity index (χ0v) is 14.0. The summed E-state index contributed by atoms with van der Waals surface area (Å²) in [5.41, 5.74) is 4.45. The Morgan fingerprint density at radius 2 is 1.68 bits per heavy atom. The number of aryl methyl sites for hydroxylation is 3. The second-order valence-electron chi connectivity index (χ2n) is 4.68. The first-order valence-corrected chi connectivity index (χ1v) is 7.44. The van der Waals surface area contributed by atoms with Crippen LogP contribution in [0.4, 0.5) is 0 Å². The molecule has 0 saturated heterocycles. The van der Waals surface area contributed by atoms with E-state index in [2.05, 4.69) is 22.6 Å². The Hall–Kier alpha value is -0.870. The van der Waals surface area contributed by atoms with E-state index in [0.717, 1.165) is 31.4 Å². The topological polar surface area (TPSA) is 17.1 Å². The fraction of sp³-hybridized carbons (Fsp3) is 0.188. The zero-order valence-electron chi connectivity index (χ0n) is 11.1. The number of ketones is 1. The van der Waals surface area contributed by atoms with E-state index in [1.54, 1.807) is 0 Å². The summed E-state index contributed by atoms with van der Waals surface area (Å²) in [6.45, 7) is 5.85. The van der Waals surface area contributed by atoms with Crippen molar-refractivity contribution in [3.8, 4) is 0 Å². The van der Waals surface area contributed by atoms with Gasteiger partial charge in [0.05, 0.1) is 0 Å². The standard InChI is InChI=1S/C16H14ClIO/c1-9-5-4-6-12(15(9)18)16(19)13-7-11(3)14(17)8-10(13)2/h4-8H,1-3H3. The molecular weight excluding hydrogens is 371 g/mol. The molecule has 0 atom stereocenters. The van der Waals surface area contributed by atoms with Crippen molar-refractivity contribution in [3.05, 3.63) is 66.7 Å². The molecule has 98 valence electrons. The van der Waals surface area contributed by atoms with E-state index < -0.39 is 0 Å². The van der Waals surface area contributed by atoms with Gasteiger partial charge in [0.2, 0.25) is 0 Å². The molecule has 1 nitrogen and oxygen atoms in total. The lowest BCUT2D eigenvalue weighted by molar-refractivity contribution is 0.103. The van der Waals surface area contributed by atoms with E-state index in [4.69, 9.17) is 11.6 Å². The summed E-state index contributed by atoms with van der Waals surface area (Å²) in [7, 11) is 0. The van der Waals surface area contributed by atoms with Crippen molar-refractivity contribution in [2.45, 2.75) is 20.8 Å². The van der Waals surface area contributed by atoms with Crippen LogP contribution in [-0.2, 0) is 0 Å². The van der Waals surface area contributed by atoms with Crippen LogP contribution in [0.25, 0.3) is 0 Å². The van der Waals surface area contributed by atoms with Crippen molar-refractivity contribution in [3.63, 3.8) is 0 Å². The van der Waals surface area contributed by atoms with Gasteiger partial charge < -0.3 is 0 Å². The van der Waals surface area contributed by atoms with Crippen LogP contribution in [0.2, 0.25) is 5.02 Å². The van der Waals surface area contributed by atoms with Crippen LogP contribution in [0.15, 0.2) is 30.3 Å². The minimum Gasteiger partial charge on any atom is -0.289 e. The molecule has 0 bridgehead atoms. The van der Waals surface area contributed by atoms with Crippen LogP contribution in [0, 0.1) is 24.3 Å². The van der Waals surface area contributed by atoms with E-state index >= 15 is 0 Å². The van der Waals surface area contributed by atoms with Gasteiger partial charge in [-0.2, -0.15) is 0 Å². The highest BCUT2D eigenvalue weighted by molar-refractivity contribution is 14.1. The van der Waals surface area contributed by atoms with Gasteiger partial charge >= 0.3 is 0 Å². The Labute approximate surface area is 132 Å². The van der Waals surface area contributed by atoms with Crippen molar-refractivity contribution in [1.82, 2.24) is 0 Å². The van der Waals surface area contributed by atoms with Crippen molar-refractivity contribution >= 4 is 40.0 Å². The molecule has 0 amide bonds. The quantitative estimate of drug-likeness (QED) is 0.520. The van der Waals surface area contributed by atoms with Gasteiger partial charge in [-0.15, -0.1) is 0 Å². The van der Waals surface area contributed by atoms with Crippen molar-refractivity contribution in [2.24, 2.45) is 0 Å². The molecular formula is C16H14ClIO. The van der Waals surface area contributed by atoms with Crippen molar-refractivity contribution in [1.29, 1.82) is 0 Å². The zero-order chi connectivity index (χ0) is 14.2. The summed E-state index contributed by atoms with van der Waals surface area (Å²) >= 11 is 8.31. The molecule has 0 radical (unpaired) electrons. The van der Waals surface area contributed by atoms with Crippen LogP contribution in [0.3, 0.4) is 0 Å². The van der Waals surface area contributed by atoms with Crippen molar-refractivity contribution in [2.75, 3.05) is 0 Å². The average Bonchev–Trinajstić information content (AvgIpc) is 2.36. The number of carbonyl (C=O) groups is 1. The lowest BCUT2D eigenvalue weighted by Gasteiger charge is -2.10. The highest BCUT2D eigenvalue weighted by atomic mass is 127. The average molecular weight is 385 g/mol. The minimum atomic E-state index is 0.0605. The number of halogens is 2. The molecule has 0 heterocycles. The third-order valence-electron chi connectivity index (χ3n) is 3.19. The van der Waals surface area contributed by atoms with Gasteiger partial charge in [0.15, 0.2) is 5.78 Å². The fourth-order valence-electron chi connectivity index (χ4n) is 1.99. The Balaban J connectivity index is 2.56. The molecule has 0 aliphatic rings. The SMILES string of the molecule is Cc1cc(C(=O)c2cccc(C)c2I)c(C)cc1Cl. The first-order valence-electron chi connectivity index (χ1n) is 5.98. The summed E-state index contributed by atoms with van der Waals surface area (Å²) < 4.78 is 1.01. The first-order chi connectivity index (χ1) is 8.91. The number of benzene rings is 2. The summed E-state index contributed by atoms with van der Waals surface area (Å²) in [4.78, 5) is 12.7. The smallest absolute Gasteiger partial charge is 0.194 e. The van der Waals surface area contributed by atoms with Gasteiger partial charge in [0.1, 0.15) is 0 Å². The van der Waals surface area contributed by atoms with E-state index in [1.807, 2.05) is 51.1 Å². The summed E-state index contributed by atoms with van der Waals surface area (Å²) in [5.74, 6) is 0.0605. The molecule has 0 N–H and O–H groups in total. The Bertz CT molecular complexity index is 662. The summed E-state index contributed by atoms with van der Waals surface area (Å²) in [6.07, 6.45) is 0. The first kappa shape index (κ1) is 14.5. The van der Waals surface area contributed by atoms with Crippen LogP contribution < -0.4 is 0 Å². The highest BCUT2D eigenvalue weighted by Gasteiger charge is 2.16. The van der Waals surface area contributed by atoms with Gasteiger partial charge in [0.25, 0.3) is 0 Å². The number of hydrogen-bond donors (Lipinski definition) is 0. The van der Waals surface area contributed by atoms with Crippen LogP contribution in [0.1, 0.15) is 32.6 Å². The number of carbonyl (C=O) groups excluding carboxylic acids is 1. The Kier molecular flexibility index (Phi) is 4.31. The maximum atomic E-state index is 12.7. The van der Waals surface area contributed by atoms with E-state index in [0.29, 0.717) is 5.02 Å². The molecule has 0 unspecified atom stereocenters. The molecule has 19 heavy (non-hydrogen) atoms. The second kappa shape index (κ2) is 5.63. The highest BCUT2D eigenvalue weighted by Crippen LogP contribution is 2.25. The fourth-order valence-corrected chi connectivity index (χ4v) is 2.82. The third-order valence-corrected chi connectivity index (χ3v) is 5.03. The minimum absolute atomic E-state index is 0.0605. The molecule has 2 aromatic rings. The lowest BCUT2D eigenvalue weighted by atomic mass is 9.96. The predicted molar refractivity (Wildman–Crippen MR) is 88.3 cm³/mol. The maximum absolute atomic E-state index is 12.7. The van der Waals surface area contributed by atoms with Gasteiger partial charge in [0, 0.05) is 19.7 Å². The maximum Gasteiger partial charge on any atom is 0.194 e. The van der Waals surface area contributed by atoms with Crippen LogP contribution >= 0.6 is 34.2 Å². The summed E-state index contributed by atoms with van der Waals surface area (Å²) in [6, 6.07) is 9.53. The van der Waals surface area contributed by atoms with Gasteiger partial charge in [-0.3, -0.25) is 4.79 Å². The Morgan fingerprint density at radius 1 is 1.00 bits per heavy atom. The van der Waals surface area contributed by atoms with E-state index in [9.17, 15) is 4.79 Å². The second-order valence-corrected chi connectivity index (χ2v) is 6.17. The number of hydrogen-bond acceptors (Lipinski definition) is 1. The molecule has 0 aliphatic carbocycles. The molecule has 0 aliphatic heterocycles. The molecule has 3 heteroatoms. The normalized spacial score (nSPS) is 10.6. The van der Waals surface area contributed by atoms with Gasteiger partial charge in [-0.05, 0) is 78.3 Å². The molecule has 0 saturated carbocycles. The van der Waals surface area contributed by atoms with E-state index in [-0.39, 0.29) is 5.78 Å². The third kappa shape index (κ3) is 2.84. The lowest BCUT2D eigenvalue weighted by Crippen LogP contribution is -2.07. The van der Waals surface area contributed by atoms with E-state index in [1.165, 1.54) is 0 Å². The van der Waals surface area contributed by atoms with Crippen molar-refractivity contribution < 1.29 is 4.79 Å². The van der Waals surface area contributed by atoms with Gasteiger partial charge in [-0.25, -0.2) is 0 Å². The largest absolute Gasteiger partial charge is 0.289 e. The number of rotatable bonds is 2. The molecule has 2 rings (SSSR count). The molecule has 0 fully saturated rings. The summed E-state index contributed by atoms with van der Waals surface area (Å²) in [5, 5.41) is 0.702. The molecule has 2 aromatic carbocycles. The van der Waals surface area contributed by atoms with Crippen LogP contribution in [0.5, 0.6) is 0 Å². The monoisotopic (exact) mass is 384 g/mol.